The molecule has 9 rings (SSSR count). The summed E-state index contributed by atoms with van der Waals surface area (Å²) in [7, 11) is 0. The zero-order valence-electron chi connectivity index (χ0n) is 19.5. The Kier molecular flexibility index (Phi) is 3.69. The maximum absolute atomic E-state index is 2.38. The molecule has 3 saturated carbocycles. The Labute approximate surface area is 202 Å². The minimum atomic E-state index is 0.322. The van der Waals surface area contributed by atoms with E-state index in [1.165, 1.54) is 83.0 Å². The number of hydrogen-bond acceptors (Lipinski definition) is 0. The van der Waals surface area contributed by atoms with Gasteiger partial charge in [0.1, 0.15) is 0 Å². The van der Waals surface area contributed by atoms with Gasteiger partial charge in [0.2, 0.25) is 0 Å². The fourth-order valence-corrected chi connectivity index (χ4v) is 8.11. The lowest BCUT2D eigenvalue weighted by molar-refractivity contribution is 0.0227. The quantitative estimate of drug-likeness (QED) is 0.276. The van der Waals surface area contributed by atoms with Crippen molar-refractivity contribution >= 4 is 0 Å². The average molecular weight is 437 g/mol. The van der Waals surface area contributed by atoms with Gasteiger partial charge in [-0.25, -0.2) is 0 Å². The SMILES string of the molecule is c1ccc2c(c1)-c1ccccc1[C+]2C12CCC([C+]3c4ccccc4-c4ccccc43)(CC1)CC2. The van der Waals surface area contributed by atoms with E-state index in [1.54, 1.807) is 11.8 Å². The summed E-state index contributed by atoms with van der Waals surface area (Å²) in [6.07, 6.45) is 7.83. The number of fused-ring (bicyclic) bond motifs is 9. The second kappa shape index (κ2) is 6.60. The third-order valence-corrected chi connectivity index (χ3v) is 9.67. The lowest BCUT2D eigenvalue weighted by Crippen LogP contribution is -2.47. The Morgan fingerprint density at radius 2 is 0.588 bits per heavy atom. The van der Waals surface area contributed by atoms with Crippen LogP contribution in [-0.2, 0) is 0 Å². The van der Waals surface area contributed by atoms with E-state index in [2.05, 4.69) is 97.1 Å². The summed E-state index contributed by atoms with van der Waals surface area (Å²) >= 11 is 0. The molecule has 0 nitrogen and oxygen atoms in total. The molecule has 34 heavy (non-hydrogen) atoms. The van der Waals surface area contributed by atoms with Crippen molar-refractivity contribution in [1.82, 2.24) is 0 Å². The van der Waals surface area contributed by atoms with E-state index >= 15 is 0 Å². The highest BCUT2D eigenvalue weighted by atomic mass is 14.6. The molecule has 5 aliphatic carbocycles. The third-order valence-electron chi connectivity index (χ3n) is 9.67. The van der Waals surface area contributed by atoms with Crippen molar-refractivity contribution in [3.8, 4) is 22.3 Å². The van der Waals surface area contributed by atoms with Crippen molar-refractivity contribution in [3.05, 3.63) is 131 Å². The second-order valence-corrected chi connectivity index (χ2v) is 11.0. The minimum Gasteiger partial charge on any atom is -0.0452 e. The van der Waals surface area contributed by atoms with Gasteiger partial charge in [-0.2, -0.15) is 0 Å². The van der Waals surface area contributed by atoms with Crippen LogP contribution in [0.25, 0.3) is 22.3 Å². The second-order valence-electron chi connectivity index (χ2n) is 11.0. The van der Waals surface area contributed by atoms with Crippen LogP contribution in [0, 0.1) is 22.7 Å². The number of hydrogen-bond donors (Lipinski definition) is 0. The molecule has 0 saturated heterocycles. The van der Waals surface area contributed by atoms with Crippen LogP contribution in [0.1, 0.15) is 60.8 Å². The van der Waals surface area contributed by atoms with Crippen LogP contribution in [-0.4, -0.2) is 0 Å². The minimum absolute atomic E-state index is 0.322. The molecule has 0 N–H and O–H groups in total. The van der Waals surface area contributed by atoms with Crippen LogP contribution < -0.4 is 0 Å². The lowest BCUT2D eigenvalue weighted by Gasteiger charge is -2.55. The molecule has 0 spiro atoms. The Morgan fingerprint density at radius 1 is 0.353 bits per heavy atom. The molecular weight excluding hydrogens is 408 g/mol. The van der Waals surface area contributed by atoms with Crippen LogP contribution in [0.2, 0.25) is 0 Å². The van der Waals surface area contributed by atoms with Crippen molar-refractivity contribution in [3.63, 3.8) is 0 Å². The van der Waals surface area contributed by atoms with E-state index in [9.17, 15) is 0 Å². The van der Waals surface area contributed by atoms with Crippen LogP contribution in [0.3, 0.4) is 0 Å². The molecular formula is C34H28+2. The molecule has 0 aromatic heterocycles. The van der Waals surface area contributed by atoms with Crippen LogP contribution in [0.5, 0.6) is 0 Å². The first-order chi connectivity index (χ1) is 16.8. The van der Waals surface area contributed by atoms with Gasteiger partial charge in [0.05, 0.1) is 56.3 Å². The molecule has 0 amide bonds. The van der Waals surface area contributed by atoms with Gasteiger partial charge in [-0.15, -0.1) is 0 Å². The topological polar surface area (TPSA) is 0 Å². The Morgan fingerprint density at radius 3 is 0.853 bits per heavy atom. The van der Waals surface area contributed by atoms with Gasteiger partial charge in [-0.3, -0.25) is 0 Å². The first-order valence-corrected chi connectivity index (χ1v) is 12.9. The molecule has 3 fully saturated rings. The molecule has 0 atom stereocenters. The lowest BCUT2D eigenvalue weighted by atomic mass is 9.45. The fraction of sp³-hybridized carbons (Fsp3) is 0.235. The van der Waals surface area contributed by atoms with Crippen molar-refractivity contribution in [2.45, 2.75) is 38.5 Å². The molecule has 4 aromatic carbocycles. The molecule has 4 aromatic rings. The number of benzene rings is 4. The van der Waals surface area contributed by atoms with Crippen molar-refractivity contribution in [1.29, 1.82) is 0 Å². The molecule has 0 aliphatic heterocycles. The monoisotopic (exact) mass is 436 g/mol. The van der Waals surface area contributed by atoms with Crippen LogP contribution in [0.4, 0.5) is 0 Å². The standard InChI is InChI=1S/C34H28/c1-5-13-27-23(9-1)24-10-2-6-14-28(24)31(27)33-17-20-34(21-18-33,22-19-33)32-29-15-7-3-11-25(29)26-12-4-8-16-30(26)32/h1-16H,17-22H2/q+2. The van der Waals surface area contributed by atoms with Gasteiger partial charge >= 0.3 is 0 Å². The van der Waals surface area contributed by atoms with Gasteiger partial charge in [0, 0.05) is 35.1 Å². The summed E-state index contributed by atoms with van der Waals surface area (Å²) < 4.78 is 0. The Hall–Kier alpha value is -3.38. The summed E-state index contributed by atoms with van der Waals surface area (Å²) in [6.45, 7) is 0. The van der Waals surface area contributed by atoms with E-state index in [0.29, 0.717) is 10.8 Å². The summed E-state index contributed by atoms with van der Waals surface area (Å²) in [6, 6.07) is 36.6. The molecule has 0 radical (unpaired) electrons. The van der Waals surface area contributed by atoms with Crippen LogP contribution >= 0.6 is 0 Å². The third kappa shape index (κ3) is 2.29. The average Bonchev–Trinajstić information content (AvgIpc) is 3.44. The Bertz CT molecular complexity index is 1210. The zero-order valence-corrected chi connectivity index (χ0v) is 19.5. The highest BCUT2D eigenvalue weighted by Crippen LogP contribution is 2.70. The predicted molar refractivity (Wildman–Crippen MR) is 139 cm³/mol. The van der Waals surface area contributed by atoms with Crippen LogP contribution in [0.15, 0.2) is 97.1 Å². The van der Waals surface area contributed by atoms with E-state index in [4.69, 9.17) is 0 Å². The van der Waals surface area contributed by atoms with Crippen molar-refractivity contribution < 1.29 is 0 Å². The van der Waals surface area contributed by atoms with Gasteiger partial charge in [-0.1, -0.05) is 0 Å². The van der Waals surface area contributed by atoms with E-state index in [0.717, 1.165) is 0 Å². The van der Waals surface area contributed by atoms with Gasteiger partial charge in [0.25, 0.3) is 0 Å². The summed E-state index contributed by atoms with van der Waals surface area (Å²) in [4.78, 5) is 0. The summed E-state index contributed by atoms with van der Waals surface area (Å²) in [5.41, 5.74) is 12.4. The molecule has 0 unspecified atom stereocenters. The predicted octanol–water partition coefficient (Wildman–Crippen LogP) is 8.63. The Balaban J connectivity index is 1.20. The maximum atomic E-state index is 2.38. The molecule has 5 aliphatic rings. The smallest absolute Gasteiger partial charge is 0.0452 e. The molecule has 162 valence electrons. The normalized spacial score (nSPS) is 25.6. The van der Waals surface area contributed by atoms with Crippen molar-refractivity contribution in [2.75, 3.05) is 0 Å². The van der Waals surface area contributed by atoms with Gasteiger partial charge in [0.15, 0.2) is 0 Å². The largest absolute Gasteiger partial charge is 0.0922 e. The molecule has 2 bridgehead atoms. The fourth-order valence-electron chi connectivity index (χ4n) is 8.11. The summed E-state index contributed by atoms with van der Waals surface area (Å²) in [5.74, 6) is 3.31. The van der Waals surface area contributed by atoms with Gasteiger partial charge < -0.3 is 0 Å². The molecule has 0 heteroatoms. The van der Waals surface area contributed by atoms with E-state index in [-0.39, 0.29) is 0 Å². The highest BCUT2D eigenvalue weighted by Gasteiger charge is 2.62. The summed E-state index contributed by atoms with van der Waals surface area (Å²) in [5, 5.41) is 0. The zero-order chi connectivity index (χ0) is 22.3. The molecule has 0 heterocycles. The van der Waals surface area contributed by atoms with E-state index in [1.807, 2.05) is 0 Å². The number of rotatable bonds is 2. The van der Waals surface area contributed by atoms with Gasteiger partial charge in [-0.05, 0) is 111 Å². The highest BCUT2D eigenvalue weighted by molar-refractivity contribution is 5.86. The first kappa shape index (κ1) is 19.0. The van der Waals surface area contributed by atoms with E-state index < -0.39 is 0 Å². The van der Waals surface area contributed by atoms with Crippen molar-refractivity contribution in [2.24, 2.45) is 10.8 Å². The maximum Gasteiger partial charge on any atom is 0.0922 e. The first-order valence-electron chi connectivity index (χ1n) is 12.9.